The van der Waals surface area contributed by atoms with Crippen molar-refractivity contribution in [1.82, 2.24) is 4.90 Å². The van der Waals surface area contributed by atoms with E-state index in [1.165, 1.54) is 16.8 Å². The number of rotatable bonds is 4. The number of hydrogen-bond acceptors (Lipinski definition) is 3. The molecule has 0 bridgehead atoms. The molecule has 0 N–H and O–H groups in total. The van der Waals surface area contributed by atoms with Crippen molar-refractivity contribution in [3.8, 4) is 0 Å². The maximum absolute atomic E-state index is 5.97. The van der Waals surface area contributed by atoms with Crippen LogP contribution in [0.1, 0.15) is 17.2 Å². The monoisotopic (exact) mass is 330 g/mol. The summed E-state index contributed by atoms with van der Waals surface area (Å²) in [6, 6.07) is 16.7. The highest BCUT2D eigenvalue weighted by Crippen LogP contribution is 2.25. The fourth-order valence-corrected chi connectivity index (χ4v) is 3.04. The van der Waals surface area contributed by atoms with Crippen molar-refractivity contribution in [2.75, 3.05) is 38.7 Å². The maximum atomic E-state index is 5.97. The van der Waals surface area contributed by atoms with E-state index in [1.54, 1.807) is 0 Å². The van der Waals surface area contributed by atoms with Gasteiger partial charge in [0.1, 0.15) is 0 Å². The zero-order valence-corrected chi connectivity index (χ0v) is 14.5. The lowest BCUT2D eigenvalue weighted by atomic mass is 10.1. The Hall–Kier alpha value is -1.55. The van der Waals surface area contributed by atoms with E-state index >= 15 is 0 Å². The number of hydrogen-bond donors (Lipinski definition) is 0. The lowest BCUT2D eigenvalue weighted by Crippen LogP contribution is -2.37. The molecule has 0 spiro atoms. The van der Waals surface area contributed by atoms with E-state index in [-0.39, 0.29) is 6.10 Å². The maximum Gasteiger partial charge on any atom is 0.0952 e. The molecule has 1 aliphatic heterocycles. The molecule has 4 heteroatoms. The predicted octanol–water partition coefficient (Wildman–Crippen LogP) is 3.98. The Morgan fingerprint density at radius 1 is 1.17 bits per heavy atom. The second kappa shape index (κ2) is 7.35. The fourth-order valence-electron chi connectivity index (χ4n) is 2.92. The van der Waals surface area contributed by atoms with E-state index in [9.17, 15) is 0 Å². The number of halogens is 1. The first-order valence-corrected chi connectivity index (χ1v) is 8.35. The number of benzene rings is 2. The van der Waals surface area contributed by atoms with Gasteiger partial charge in [-0.05, 0) is 35.4 Å². The van der Waals surface area contributed by atoms with E-state index in [1.807, 2.05) is 12.1 Å². The zero-order chi connectivity index (χ0) is 16.2. The van der Waals surface area contributed by atoms with Crippen molar-refractivity contribution in [2.24, 2.45) is 0 Å². The van der Waals surface area contributed by atoms with Crippen molar-refractivity contribution in [1.29, 1.82) is 0 Å². The molecule has 3 nitrogen and oxygen atoms in total. The molecule has 1 heterocycles. The van der Waals surface area contributed by atoms with Gasteiger partial charge in [0.25, 0.3) is 0 Å². The van der Waals surface area contributed by atoms with Crippen LogP contribution >= 0.6 is 11.6 Å². The van der Waals surface area contributed by atoms with Gasteiger partial charge < -0.3 is 9.64 Å². The molecule has 0 saturated carbocycles. The van der Waals surface area contributed by atoms with Gasteiger partial charge >= 0.3 is 0 Å². The van der Waals surface area contributed by atoms with E-state index in [0.717, 1.165) is 31.3 Å². The van der Waals surface area contributed by atoms with Gasteiger partial charge in [-0.25, -0.2) is 0 Å². The second-order valence-corrected chi connectivity index (χ2v) is 6.65. The number of nitrogens with zero attached hydrogens (tertiary/aromatic N) is 2. The highest BCUT2D eigenvalue weighted by Gasteiger charge is 2.22. The van der Waals surface area contributed by atoms with Gasteiger partial charge in [-0.2, -0.15) is 0 Å². The summed E-state index contributed by atoms with van der Waals surface area (Å²) in [4.78, 5) is 4.59. The van der Waals surface area contributed by atoms with Crippen LogP contribution in [0.4, 0.5) is 5.69 Å². The van der Waals surface area contributed by atoms with Crippen molar-refractivity contribution < 1.29 is 4.74 Å². The largest absolute Gasteiger partial charge is 0.378 e. The van der Waals surface area contributed by atoms with Crippen LogP contribution in [0.25, 0.3) is 0 Å². The van der Waals surface area contributed by atoms with Crippen LogP contribution in [0.15, 0.2) is 48.5 Å². The summed E-state index contributed by atoms with van der Waals surface area (Å²) in [7, 11) is 4.15. The molecule has 0 radical (unpaired) electrons. The molecule has 0 aromatic heterocycles. The molecule has 3 rings (SSSR count). The van der Waals surface area contributed by atoms with Gasteiger partial charge in [-0.15, -0.1) is 0 Å². The lowest BCUT2D eigenvalue weighted by molar-refractivity contribution is -0.0329. The van der Waals surface area contributed by atoms with Gasteiger partial charge in [0.15, 0.2) is 0 Å². The van der Waals surface area contributed by atoms with Crippen LogP contribution in [-0.2, 0) is 11.3 Å². The summed E-state index contributed by atoms with van der Waals surface area (Å²) in [6.45, 7) is 3.60. The first kappa shape index (κ1) is 16.3. The van der Waals surface area contributed by atoms with Crippen LogP contribution in [0.5, 0.6) is 0 Å². The number of anilines is 1. The highest BCUT2D eigenvalue weighted by atomic mass is 35.5. The quantitative estimate of drug-likeness (QED) is 0.843. The Morgan fingerprint density at radius 3 is 2.70 bits per heavy atom. The SMILES string of the molecule is CN(C)c1cccc(CN2CCO[C@@H](c3ccc(Cl)cc3)C2)c1. The second-order valence-electron chi connectivity index (χ2n) is 6.21. The molecular weight excluding hydrogens is 308 g/mol. The van der Waals surface area contributed by atoms with Crippen LogP contribution in [0, 0.1) is 0 Å². The molecule has 2 aromatic carbocycles. The summed E-state index contributed by atoms with van der Waals surface area (Å²) < 4.78 is 5.94. The molecule has 1 atom stereocenters. The van der Waals surface area contributed by atoms with Gasteiger partial charge in [0.2, 0.25) is 0 Å². The molecule has 1 aliphatic rings. The molecule has 122 valence electrons. The summed E-state index contributed by atoms with van der Waals surface area (Å²) >= 11 is 5.97. The van der Waals surface area contributed by atoms with Crippen LogP contribution in [0.2, 0.25) is 5.02 Å². The molecule has 1 fully saturated rings. The highest BCUT2D eigenvalue weighted by molar-refractivity contribution is 6.30. The zero-order valence-electron chi connectivity index (χ0n) is 13.7. The standard InChI is InChI=1S/C19H23ClN2O/c1-21(2)18-5-3-4-15(12-18)13-22-10-11-23-19(14-22)16-6-8-17(20)9-7-16/h3-9,12,19H,10-11,13-14H2,1-2H3/t19-/m1/s1. The minimum atomic E-state index is 0.123. The third kappa shape index (κ3) is 4.25. The van der Waals surface area contributed by atoms with Gasteiger partial charge in [-0.1, -0.05) is 35.9 Å². The normalized spacial score (nSPS) is 18.8. The van der Waals surface area contributed by atoms with Crippen LogP contribution in [0.3, 0.4) is 0 Å². The first-order chi connectivity index (χ1) is 11.1. The molecule has 23 heavy (non-hydrogen) atoms. The Kier molecular flexibility index (Phi) is 5.21. The molecule has 0 unspecified atom stereocenters. The molecule has 0 amide bonds. The molecule has 1 saturated heterocycles. The third-order valence-electron chi connectivity index (χ3n) is 4.23. The predicted molar refractivity (Wildman–Crippen MR) is 96.2 cm³/mol. The van der Waals surface area contributed by atoms with Crippen molar-refractivity contribution >= 4 is 17.3 Å². The third-order valence-corrected chi connectivity index (χ3v) is 4.48. The van der Waals surface area contributed by atoms with Crippen molar-refractivity contribution in [3.63, 3.8) is 0 Å². The molecule has 0 aliphatic carbocycles. The smallest absolute Gasteiger partial charge is 0.0952 e. The minimum absolute atomic E-state index is 0.123. The Bertz CT molecular complexity index is 642. The average Bonchev–Trinajstić information content (AvgIpc) is 2.56. The van der Waals surface area contributed by atoms with E-state index in [4.69, 9.17) is 16.3 Å². The summed E-state index contributed by atoms with van der Waals surface area (Å²) in [5, 5.41) is 0.766. The number of morpholine rings is 1. The van der Waals surface area contributed by atoms with Crippen molar-refractivity contribution in [2.45, 2.75) is 12.6 Å². The topological polar surface area (TPSA) is 15.7 Å². The van der Waals surface area contributed by atoms with E-state index in [0.29, 0.717) is 0 Å². The van der Waals surface area contributed by atoms with Crippen LogP contribution in [-0.4, -0.2) is 38.7 Å². The first-order valence-electron chi connectivity index (χ1n) is 7.97. The van der Waals surface area contributed by atoms with E-state index < -0.39 is 0 Å². The summed E-state index contributed by atoms with van der Waals surface area (Å²) in [5.74, 6) is 0. The number of ether oxygens (including phenoxy) is 1. The Morgan fingerprint density at radius 2 is 1.96 bits per heavy atom. The van der Waals surface area contributed by atoms with Crippen molar-refractivity contribution in [3.05, 3.63) is 64.7 Å². The van der Waals surface area contributed by atoms with Gasteiger partial charge in [-0.3, -0.25) is 4.90 Å². The van der Waals surface area contributed by atoms with E-state index in [2.05, 4.69) is 60.3 Å². The minimum Gasteiger partial charge on any atom is -0.378 e. The summed E-state index contributed by atoms with van der Waals surface area (Å²) in [6.07, 6.45) is 0.123. The average molecular weight is 331 g/mol. The lowest BCUT2D eigenvalue weighted by Gasteiger charge is -2.33. The van der Waals surface area contributed by atoms with Gasteiger partial charge in [0.05, 0.1) is 12.7 Å². The molecule has 2 aromatic rings. The Labute approximate surface area is 143 Å². The molecular formula is C19H23ClN2O. The Balaban J connectivity index is 1.67. The summed E-state index contributed by atoms with van der Waals surface area (Å²) in [5.41, 5.74) is 3.78. The van der Waals surface area contributed by atoms with Gasteiger partial charge in [0, 0.05) is 44.4 Å². The van der Waals surface area contributed by atoms with Crippen LogP contribution < -0.4 is 4.90 Å². The fraction of sp³-hybridized carbons (Fsp3) is 0.368.